The number of pyridine rings is 1. The molecular formula is C51H46FIrN3OSi-2. The number of rotatable bonds is 7. The summed E-state index contributed by atoms with van der Waals surface area (Å²) in [5.74, 6) is 1.16. The van der Waals surface area contributed by atoms with Gasteiger partial charge in [0.2, 0.25) is 0 Å². The van der Waals surface area contributed by atoms with Gasteiger partial charge in [0.15, 0.2) is 0 Å². The van der Waals surface area contributed by atoms with Gasteiger partial charge in [-0.1, -0.05) is 117 Å². The zero-order valence-corrected chi connectivity index (χ0v) is 37.3. The molecule has 3 heterocycles. The molecule has 0 saturated heterocycles. The summed E-state index contributed by atoms with van der Waals surface area (Å²) in [7, 11) is -1.41. The minimum Gasteiger partial charge on any atom is -0.501 e. The average molecular weight is 956 g/mol. The van der Waals surface area contributed by atoms with Gasteiger partial charge >= 0.3 is 0 Å². The summed E-state index contributed by atoms with van der Waals surface area (Å²) in [4.78, 5) is 9.63. The first-order chi connectivity index (χ1) is 27.5. The Morgan fingerprint density at radius 3 is 2.24 bits per heavy atom. The second-order valence-electron chi connectivity index (χ2n) is 16.3. The summed E-state index contributed by atoms with van der Waals surface area (Å²) in [6, 6.07) is 48.7. The van der Waals surface area contributed by atoms with E-state index in [1.165, 1.54) is 45.1 Å². The smallest absolute Gasteiger partial charge is 0.121 e. The first-order valence-corrected chi connectivity index (χ1v) is 23.1. The molecule has 9 rings (SSSR count). The van der Waals surface area contributed by atoms with E-state index in [9.17, 15) is 4.39 Å². The Morgan fingerprint density at radius 2 is 1.53 bits per heavy atom. The maximum absolute atomic E-state index is 13.0. The number of benzene rings is 6. The molecule has 0 atom stereocenters. The summed E-state index contributed by atoms with van der Waals surface area (Å²) >= 11 is 0. The SMILES string of the molecule is CC(C)Cc1cc(-c2[c-]cc(F)cc2)ncc1[Si](C)(C)C.Cc1cccc(C)c1-c1ccc2c(c1)oc1c(-c3nc4ccccc4n3-c3ccccc3)[c-]ccc12.[Ir]. The quantitative estimate of drug-likeness (QED) is 0.118. The van der Waals surface area contributed by atoms with Gasteiger partial charge in [0, 0.05) is 43.2 Å². The van der Waals surface area contributed by atoms with Crippen molar-refractivity contribution >= 4 is 46.2 Å². The van der Waals surface area contributed by atoms with E-state index < -0.39 is 8.07 Å². The fraction of sp³-hybridized carbons (Fsp3) is 0.176. The third kappa shape index (κ3) is 8.13. The number of imidazole rings is 1. The van der Waals surface area contributed by atoms with Crippen LogP contribution in [0.3, 0.4) is 0 Å². The maximum atomic E-state index is 13.0. The second-order valence-corrected chi connectivity index (χ2v) is 21.3. The third-order valence-corrected chi connectivity index (χ3v) is 12.5. The Balaban J connectivity index is 0.000000200. The van der Waals surface area contributed by atoms with Crippen molar-refractivity contribution in [2.24, 2.45) is 5.92 Å². The van der Waals surface area contributed by atoms with E-state index >= 15 is 0 Å². The van der Waals surface area contributed by atoms with Crippen molar-refractivity contribution in [3.8, 4) is 39.5 Å². The van der Waals surface area contributed by atoms with Crippen LogP contribution in [0.1, 0.15) is 30.5 Å². The van der Waals surface area contributed by atoms with Crippen LogP contribution in [0.5, 0.6) is 0 Å². The Labute approximate surface area is 355 Å². The van der Waals surface area contributed by atoms with Crippen molar-refractivity contribution in [1.29, 1.82) is 0 Å². The number of hydrogen-bond donors (Lipinski definition) is 0. The van der Waals surface area contributed by atoms with Gasteiger partial charge in [0.05, 0.1) is 30.5 Å². The number of nitrogens with zero attached hydrogens (tertiary/aromatic N) is 3. The molecular weight excluding hydrogens is 910 g/mol. The summed E-state index contributed by atoms with van der Waals surface area (Å²) in [5.41, 5.74) is 13.6. The molecule has 0 aliphatic carbocycles. The monoisotopic (exact) mass is 956 g/mol. The van der Waals surface area contributed by atoms with E-state index in [1.54, 1.807) is 6.07 Å². The van der Waals surface area contributed by atoms with Gasteiger partial charge < -0.3 is 14.0 Å². The Hall–Kier alpha value is -5.46. The number of furan rings is 1. The molecule has 1 radical (unpaired) electrons. The molecule has 0 aliphatic heterocycles. The molecule has 6 aromatic carbocycles. The fourth-order valence-corrected chi connectivity index (χ4v) is 9.45. The van der Waals surface area contributed by atoms with Crippen LogP contribution in [0, 0.1) is 37.7 Å². The number of para-hydroxylation sites is 3. The van der Waals surface area contributed by atoms with Crippen LogP contribution in [0.4, 0.5) is 4.39 Å². The molecule has 0 bridgehead atoms. The van der Waals surface area contributed by atoms with Crippen LogP contribution < -0.4 is 5.19 Å². The first-order valence-electron chi connectivity index (χ1n) is 19.6. The van der Waals surface area contributed by atoms with Crippen molar-refractivity contribution < 1.29 is 28.9 Å². The van der Waals surface area contributed by atoms with Gasteiger partial charge in [-0.25, -0.2) is 0 Å². The molecule has 9 aromatic rings. The Bertz CT molecular complexity index is 2850. The molecule has 293 valence electrons. The zero-order valence-electron chi connectivity index (χ0n) is 33.9. The molecule has 0 amide bonds. The van der Waals surface area contributed by atoms with E-state index in [4.69, 9.17) is 9.40 Å². The van der Waals surface area contributed by atoms with Crippen molar-refractivity contribution in [3.05, 3.63) is 168 Å². The first kappa shape index (κ1) is 40.7. The van der Waals surface area contributed by atoms with Gasteiger partial charge in [0.25, 0.3) is 0 Å². The fourth-order valence-electron chi connectivity index (χ4n) is 7.86. The van der Waals surface area contributed by atoms with Gasteiger partial charge in [-0.3, -0.25) is 9.37 Å². The molecule has 0 saturated carbocycles. The maximum Gasteiger partial charge on any atom is 0.121 e. The molecule has 0 unspecified atom stereocenters. The van der Waals surface area contributed by atoms with Crippen LogP contribution in [0.25, 0.3) is 72.4 Å². The minimum atomic E-state index is -1.41. The van der Waals surface area contributed by atoms with Crippen LogP contribution in [0.15, 0.2) is 138 Å². The Kier molecular flexibility index (Phi) is 11.8. The number of aromatic nitrogens is 3. The predicted molar refractivity (Wildman–Crippen MR) is 238 cm³/mol. The molecule has 3 aromatic heterocycles. The van der Waals surface area contributed by atoms with Crippen molar-refractivity contribution in [3.63, 3.8) is 0 Å². The van der Waals surface area contributed by atoms with Crippen LogP contribution >= 0.6 is 0 Å². The predicted octanol–water partition coefficient (Wildman–Crippen LogP) is 13.1. The molecule has 0 aliphatic rings. The third-order valence-electron chi connectivity index (χ3n) is 10.5. The summed E-state index contributed by atoms with van der Waals surface area (Å²) in [6.45, 7) is 15.8. The second kappa shape index (κ2) is 16.8. The largest absolute Gasteiger partial charge is 0.501 e. The van der Waals surface area contributed by atoms with E-state index in [0.717, 1.165) is 67.7 Å². The van der Waals surface area contributed by atoms with Crippen molar-refractivity contribution in [1.82, 2.24) is 14.5 Å². The minimum absolute atomic E-state index is 0. The van der Waals surface area contributed by atoms with Crippen LogP contribution in [-0.2, 0) is 26.5 Å². The Morgan fingerprint density at radius 1 is 0.793 bits per heavy atom. The van der Waals surface area contributed by atoms with E-state index in [0.29, 0.717) is 5.92 Å². The summed E-state index contributed by atoms with van der Waals surface area (Å²) < 4.78 is 21.8. The number of aryl methyl sites for hydroxylation is 2. The van der Waals surface area contributed by atoms with Gasteiger partial charge in [-0.2, -0.15) is 0 Å². The van der Waals surface area contributed by atoms with Gasteiger partial charge in [-0.05, 0) is 89.7 Å². The average Bonchev–Trinajstić information content (AvgIpc) is 3.77. The van der Waals surface area contributed by atoms with Crippen LogP contribution in [-0.4, -0.2) is 22.6 Å². The van der Waals surface area contributed by atoms with Crippen molar-refractivity contribution in [2.75, 3.05) is 0 Å². The van der Waals surface area contributed by atoms with E-state index in [2.05, 4.69) is 148 Å². The van der Waals surface area contributed by atoms with Crippen LogP contribution in [0.2, 0.25) is 19.6 Å². The standard InChI is InChI=1S/C33H23N2O.C18H23FNSi.Ir/c1-21-10-8-11-22(2)31(21)23-18-19-25-26-14-9-15-27(32(26)36-30(25)20-23)33-34-28-16-6-7-17-29(28)35(33)24-12-4-3-5-13-24;1-13(2)10-15-11-17(14-6-8-16(19)9-7-14)20-12-18(15)21(3,4)5;/h3-14,16-20H,1-2H3;6,8-9,11-13H,10H2,1-5H3;/q2*-1;. The van der Waals surface area contributed by atoms with E-state index in [1.807, 2.05) is 36.5 Å². The van der Waals surface area contributed by atoms with Gasteiger partial charge in [-0.15, -0.1) is 48.0 Å². The molecule has 7 heteroatoms. The van der Waals surface area contributed by atoms with E-state index in [-0.39, 0.29) is 25.9 Å². The zero-order chi connectivity index (χ0) is 39.8. The number of halogens is 1. The van der Waals surface area contributed by atoms with Crippen molar-refractivity contribution in [2.45, 2.75) is 53.8 Å². The number of fused-ring (bicyclic) bond motifs is 4. The summed E-state index contributed by atoms with van der Waals surface area (Å²) in [5, 5.41) is 3.58. The topological polar surface area (TPSA) is 43.9 Å². The summed E-state index contributed by atoms with van der Waals surface area (Å²) in [6.07, 6.45) is 3.08. The molecule has 0 fully saturated rings. The normalized spacial score (nSPS) is 11.5. The molecule has 58 heavy (non-hydrogen) atoms. The number of hydrogen-bond acceptors (Lipinski definition) is 3. The molecule has 0 spiro atoms. The molecule has 4 nitrogen and oxygen atoms in total. The van der Waals surface area contributed by atoms with Gasteiger partial charge in [0.1, 0.15) is 5.58 Å². The molecule has 0 N–H and O–H groups in total.